The van der Waals surface area contributed by atoms with Gasteiger partial charge in [0.15, 0.2) is 0 Å². The van der Waals surface area contributed by atoms with Crippen LogP contribution in [0.1, 0.15) is 29.5 Å². The van der Waals surface area contributed by atoms with E-state index < -0.39 is 0 Å². The third-order valence-corrected chi connectivity index (χ3v) is 4.89. The minimum atomic E-state index is -0.315. The molecule has 3 nitrogen and oxygen atoms in total. The molecule has 2 aromatic carbocycles. The summed E-state index contributed by atoms with van der Waals surface area (Å²) >= 11 is 6.00. The van der Waals surface area contributed by atoms with E-state index in [0.29, 0.717) is 0 Å². The first-order valence-corrected chi connectivity index (χ1v) is 8.04. The van der Waals surface area contributed by atoms with Crippen LogP contribution in [0.4, 0.5) is 5.69 Å². The Morgan fingerprint density at radius 1 is 1.18 bits per heavy atom. The molecule has 0 spiro atoms. The van der Waals surface area contributed by atoms with E-state index in [9.17, 15) is 0 Å². The number of rotatable bonds is 2. The molecule has 1 aliphatic heterocycles. The second-order valence-electron chi connectivity index (χ2n) is 5.90. The molecule has 22 heavy (non-hydrogen) atoms. The van der Waals surface area contributed by atoms with Gasteiger partial charge in [0, 0.05) is 21.8 Å². The molecule has 4 rings (SSSR count). The van der Waals surface area contributed by atoms with Crippen LogP contribution in [0.5, 0.6) is 0 Å². The summed E-state index contributed by atoms with van der Waals surface area (Å²) < 4.78 is 0. The fourth-order valence-electron chi connectivity index (χ4n) is 3.57. The second-order valence-corrected chi connectivity index (χ2v) is 6.33. The first kappa shape index (κ1) is 13.8. The van der Waals surface area contributed by atoms with Gasteiger partial charge in [0.1, 0.15) is 11.5 Å². The van der Waals surface area contributed by atoms with Gasteiger partial charge in [-0.15, -0.1) is 0 Å². The van der Waals surface area contributed by atoms with Crippen molar-refractivity contribution in [2.45, 2.75) is 24.9 Å². The van der Waals surface area contributed by atoms with Crippen molar-refractivity contribution in [3.05, 3.63) is 64.2 Å². The number of hydrogen-bond donors (Lipinski definition) is 2. The summed E-state index contributed by atoms with van der Waals surface area (Å²) in [6, 6.07) is 14.3. The van der Waals surface area contributed by atoms with E-state index in [1.165, 1.54) is 11.1 Å². The molecule has 1 unspecified atom stereocenters. The van der Waals surface area contributed by atoms with Crippen LogP contribution in [-0.2, 0) is 12.1 Å². The zero-order valence-electron chi connectivity index (χ0n) is 12.5. The van der Waals surface area contributed by atoms with Gasteiger partial charge in [-0.1, -0.05) is 23.7 Å². The Morgan fingerprint density at radius 2 is 2.00 bits per heavy atom. The Bertz CT molecular complexity index is 751. The van der Waals surface area contributed by atoms with Crippen molar-refractivity contribution >= 4 is 23.1 Å². The Labute approximate surface area is 135 Å². The highest BCUT2D eigenvalue weighted by atomic mass is 35.5. The zero-order chi connectivity index (χ0) is 15.2. The Kier molecular flexibility index (Phi) is 3.21. The van der Waals surface area contributed by atoms with E-state index in [0.717, 1.165) is 41.4 Å². The van der Waals surface area contributed by atoms with Crippen molar-refractivity contribution in [2.24, 2.45) is 4.99 Å². The molecule has 1 aliphatic carbocycles. The number of halogens is 1. The molecule has 0 aromatic heterocycles. The molecule has 0 saturated heterocycles. The van der Waals surface area contributed by atoms with Crippen LogP contribution in [0, 0.1) is 0 Å². The van der Waals surface area contributed by atoms with Gasteiger partial charge in [0.05, 0.1) is 0 Å². The molecule has 4 heteroatoms. The first-order valence-electron chi connectivity index (χ1n) is 7.66. The van der Waals surface area contributed by atoms with Gasteiger partial charge in [-0.05, 0) is 62.2 Å². The third kappa shape index (κ3) is 2.04. The topological polar surface area (TPSA) is 36.4 Å². The fraction of sp³-hybridized carbons (Fsp3) is 0.278. The second kappa shape index (κ2) is 5.11. The van der Waals surface area contributed by atoms with Gasteiger partial charge in [0.2, 0.25) is 0 Å². The minimum absolute atomic E-state index is 0.315. The number of aliphatic imine (C=N–C) groups is 1. The molecule has 0 saturated carbocycles. The van der Waals surface area contributed by atoms with E-state index in [1.807, 2.05) is 31.3 Å². The highest BCUT2D eigenvalue weighted by Crippen LogP contribution is 2.43. The van der Waals surface area contributed by atoms with E-state index in [-0.39, 0.29) is 5.66 Å². The van der Waals surface area contributed by atoms with E-state index >= 15 is 0 Å². The quantitative estimate of drug-likeness (QED) is 0.882. The first-order chi connectivity index (χ1) is 10.7. The largest absolute Gasteiger partial charge is 0.340 e. The maximum absolute atomic E-state index is 6.00. The van der Waals surface area contributed by atoms with E-state index in [4.69, 9.17) is 16.6 Å². The highest BCUT2D eigenvalue weighted by Gasteiger charge is 2.40. The Hall–Kier alpha value is -1.84. The van der Waals surface area contributed by atoms with Crippen LogP contribution in [-0.4, -0.2) is 12.9 Å². The fourth-order valence-corrected chi connectivity index (χ4v) is 3.70. The van der Waals surface area contributed by atoms with Crippen molar-refractivity contribution < 1.29 is 0 Å². The molecule has 1 atom stereocenters. The normalized spacial score (nSPS) is 22.5. The standard InChI is InChI=1S/C18H18ClN3/c1-20-18-11-3-5-12-4-2-6-15(16(12)18)21-17(22-18)13-7-9-14(19)10-8-13/h2,4,6-10,20H,3,5,11H2,1H3,(H,21,22). The van der Waals surface area contributed by atoms with Crippen molar-refractivity contribution in [3.8, 4) is 0 Å². The van der Waals surface area contributed by atoms with Gasteiger partial charge >= 0.3 is 0 Å². The summed E-state index contributed by atoms with van der Waals surface area (Å²) in [5, 5.41) is 7.71. The predicted molar refractivity (Wildman–Crippen MR) is 91.7 cm³/mol. The highest BCUT2D eigenvalue weighted by molar-refractivity contribution is 6.30. The summed E-state index contributed by atoms with van der Waals surface area (Å²) in [6.45, 7) is 0. The SMILES string of the molecule is CNC12CCCc3cccc(c31)NC(c1ccc(Cl)cc1)=N2. The minimum Gasteiger partial charge on any atom is -0.340 e. The number of aryl methyl sites for hydroxylation is 1. The number of nitrogens with one attached hydrogen (secondary N) is 2. The van der Waals surface area contributed by atoms with Gasteiger partial charge in [0.25, 0.3) is 0 Å². The van der Waals surface area contributed by atoms with Crippen LogP contribution < -0.4 is 10.6 Å². The molecule has 0 radical (unpaired) electrons. The number of hydrogen-bond acceptors (Lipinski definition) is 3. The lowest BCUT2D eigenvalue weighted by Gasteiger charge is -2.41. The third-order valence-electron chi connectivity index (χ3n) is 4.64. The van der Waals surface area contributed by atoms with Gasteiger partial charge in [-0.3, -0.25) is 5.32 Å². The average molecular weight is 312 g/mol. The molecular formula is C18H18ClN3. The average Bonchev–Trinajstić information content (AvgIpc) is 2.56. The number of anilines is 1. The molecule has 1 heterocycles. The summed E-state index contributed by atoms with van der Waals surface area (Å²) in [7, 11) is 2.00. The lowest BCUT2D eigenvalue weighted by Crippen LogP contribution is -2.46. The molecular weight excluding hydrogens is 294 g/mol. The lowest BCUT2D eigenvalue weighted by molar-refractivity contribution is 0.320. The van der Waals surface area contributed by atoms with Crippen molar-refractivity contribution in [3.63, 3.8) is 0 Å². The van der Waals surface area contributed by atoms with Crippen LogP contribution >= 0.6 is 11.6 Å². The molecule has 0 amide bonds. The van der Waals surface area contributed by atoms with Gasteiger partial charge < -0.3 is 5.32 Å². The number of benzene rings is 2. The molecule has 2 aromatic rings. The van der Waals surface area contributed by atoms with Crippen LogP contribution in [0.15, 0.2) is 47.5 Å². The predicted octanol–water partition coefficient (Wildman–Crippen LogP) is 3.92. The molecule has 0 bridgehead atoms. The summed E-state index contributed by atoms with van der Waals surface area (Å²) in [4.78, 5) is 5.05. The molecule has 112 valence electrons. The molecule has 2 aliphatic rings. The lowest BCUT2D eigenvalue weighted by atomic mass is 9.80. The zero-order valence-corrected chi connectivity index (χ0v) is 13.2. The van der Waals surface area contributed by atoms with Gasteiger partial charge in [-0.2, -0.15) is 0 Å². The van der Waals surface area contributed by atoms with Crippen LogP contribution in [0.25, 0.3) is 0 Å². The Balaban J connectivity index is 1.88. The van der Waals surface area contributed by atoms with E-state index in [2.05, 4.69) is 28.8 Å². The number of amidine groups is 1. The van der Waals surface area contributed by atoms with Crippen molar-refractivity contribution in [1.29, 1.82) is 0 Å². The summed E-state index contributed by atoms with van der Waals surface area (Å²) in [6.07, 6.45) is 3.29. The van der Waals surface area contributed by atoms with Gasteiger partial charge in [-0.25, -0.2) is 4.99 Å². The molecule has 0 fully saturated rings. The maximum atomic E-state index is 6.00. The summed E-state index contributed by atoms with van der Waals surface area (Å²) in [5.74, 6) is 0.901. The van der Waals surface area contributed by atoms with Crippen LogP contribution in [0.3, 0.4) is 0 Å². The Morgan fingerprint density at radius 3 is 2.77 bits per heavy atom. The van der Waals surface area contributed by atoms with Crippen molar-refractivity contribution in [1.82, 2.24) is 5.32 Å². The smallest absolute Gasteiger partial charge is 0.140 e. The molecule has 2 N–H and O–H groups in total. The van der Waals surface area contributed by atoms with Crippen molar-refractivity contribution in [2.75, 3.05) is 12.4 Å². The number of nitrogens with zero attached hydrogens (tertiary/aromatic N) is 1. The van der Waals surface area contributed by atoms with E-state index in [1.54, 1.807) is 0 Å². The van der Waals surface area contributed by atoms with Crippen LogP contribution in [0.2, 0.25) is 5.02 Å². The monoisotopic (exact) mass is 311 g/mol. The summed E-state index contributed by atoms with van der Waals surface area (Å²) in [5.41, 5.74) is 4.60. The maximum Gasteiger partial charge on any atom is 0.140 e.